The van der Waals surface area contributed by atoms with Crippen LogP contribution in [0.15, 0.2) is 48.5 Å². The van der Waals surface area contributed by atoms with Crippen LogP contribution in [-0.2, 0) is 4.79 Å². The summed E-state index contributed by atoms with van der Waals surface area (Å²) in [6, 6.07) is 14.1. The fourth-order valence-electron chi connectivity index (χ4n) is 2.01. The van der Waals surface area contributed by atoms with Gasteiger partial charge in [0.05, 0.1) is 11.6 Å². The molecule has 0 heterocycles. The number of amides is 1. The van der Waals surface area contributed by atoms with Crippen molar-refractivity contribution in [2.45, 2.75) is 19.4 Å². The molecule has 1 amide bonds. The Bertz CT molecular complexity index is 662. The molecule has 2 aromatic rings. The molecule has 1 unspecified atom stereocenters. The third-order valence-electron chi connectivity index (χ3n) is 3.25. The number of para-hydroxylation sites is 1. The molecule has 6 heteroatoms. The molecule has 0 fully saturated rings. The summed E-state index contributed by atoms with van der Waals surface area (Å²) in [6.45, 7) is 2.58. The highest BCUT2D eigenvalue weighted by Gasteiger charge is 2.17. The van der Waals surface area contributed by atoms with E-state index >= 15 is 0 Å². The van der Waals surface area contributed by atoms with Crippen LogP contribution in [-0.4, -0.2) is 25.2 Å². The van der Waals surface area contributed by atoms with Gasteiger partial charge in [0.25, 0.3) is 5.91 Å². The topological polar surface area (TPSA) is 47.6 Å². The van der Waals surface area contributed by atoms with Gasteiger partial charge in [-0.05, 0) is 42.8 Å². The maximum Gasteiger partial charge on any atom is 0.261 e. The van der Waals surface area contributed by atoms with Gasteiger partial charge in [-0.1, -0.05) is 42.3 Å². The fraction of sp³-hybridized carbons (Fsp3) is 0.278. The molecular weight excluding hydrogens is 349 g/mol. The molecule has 0 aliphatic rings. The van der Waals surface area contributed by atoms with Crippen molar-refractivity contribution in [1.29, 1.82) is 0 Å². The molecule has 24 heavy (non-hydrogen) atoms. The molecule has 0 aliphatic heterocycles. The third-order valence-corrected chi connectivity index (χ3v) is 3.81. The zero-order valence-corrected chi connectivity index (χ0v) is 14.8. The molecule has 0 radical (unpaired) electrons. The Balaban J connectivity index is 1.77. The smallest absolute Gasteiger partial charge is 0.261 e. The zero-order chi connectivity index (χ0) is 17.4. The zero-order valence-electron chi connectivity index (χ0n) is 13.3. The second-order valence-electron chi connectivity index (χ2n) is 5.04. The molecule has 0 aliphatic carbocycles. The van der Waals surface area contributed by atoms with Crippen LogP contribution in [0.5, 0.6) is 11.5 Å². The lowest BCUT2D eigenvalue weighted by atomic mass is 10.2. The van der Waals surface area contributed by atoms with Crippen molar-refractivity contribution < 1.29 is 14.3 Å². The maximum absolute atomic E-state index is 12.2. The van der Waals surface area contributed by atoms with Crippen LogP contribution < -0.4 is 14.8 Å². The first-order valence-electron chi connectivity index (χ1n) is 7.67. The van der Waals surface area contributed by atoms with Gasteiger partial charge < -0.3 is 14.8 Å². The van der Waals surface area contributed by atoms with E-state index in [1.54, 1.807) is 36.4 Å². The summed E-state index contributed by atoms with van der Waals surface area (Å²) in [7, 11) is 0. The summed E-state index contributed by atoms with van der Waals surface area (Å²) >= 11 is 11.8. The number of rotatable bonds is 8. The van der Waals surface area contributed by atoms with Crippen molar-refractivity contribution in [2.24, 2.45) is 0 Å². The molecule has 2 aromatic carbocycles. The normalized spacial score (nSPS) is 11.6. The number of hydrogen-bond donors (Lipinski definition) is 1. The van der Waals surface area contributed by atoms with E-state index in [0.29, 0.717) is 41.1 Å². The average Bonchev–Trinajstić information content (AvgIpc) is 2.59. The van der Waals surface area contributed by atoms with Crippen LogP contribution in [0.4, 0.5) is 0 Å². The van der Waals surface area contributed by atoms with Crippen LogP contribution in [0.2, 0.25) is 10.0 Å². The number of carbonyl (C=O) groups is 1. The molecule has 1 atom stereocenters. The lowest BCUT2D eigenvalue weighted by Crippen LogP contribution is -2.39. The van der Waals surface area contributed by atoms with Crippen molar-refractivity contribution in [3.63, 3.8) is 0 Å². The fourth-order valence-corrected chi connectivity index (χ4v) is 2.33. The monoisotopic (exact) mass is 367 g/mol. The lowest BCUT2D eigenvalue weighted by molar-refractivity contribution is -0.128. The van der Waals surface area contributed by atoms with Gasteiger partial charge in [0.15, 0.2) is 6.10 Å². The van der Waals surface area contributed by atoms with Gasteiger partial charge in [-0.3, -0.25) is 4.79 Å². The van der Waals surface area contributed by atoms with Crippen LogP contribution in [0.1, 0.15) is 13.3 Å². The summed E-state index contributed by atoms with van der Waals surface area (Å²) < 4.78 is 11.2. The first-order valence-corrected chi connectivity index (χ1v) is 8.43. The summed E-state index contributed by atoms with van der Waals surface area (Å²) in [5.74, 6) is 1.02. The highest BCUT2D eigenvalue weighted by atomic mass is 35.5. The summed E-state index contributed by atoms with van der Waals surface area (Å²) in [5.41, 5.74) is 0. The van der Waals surface area contributed by atoms with Crippen LogP contribution in [0, 0.1) is 0 Å². The minimum Gasteiger partial charge on any atom is -0.490 e. The van der Waals surface area contributed by atoms with Gasteiger partial charge in [0.2, 0.25) is 0 Å². The van der Waals surface area contributed by atoms with Gasteiger partial charge in [0, 0.05) is 5.02 Å². The molecule has 0 aromatic heterocycles. The Hall–Kier alpha value is -1.91. The second-order valence-corrected chi connectivity index (χ2v) is 5.88. The van der Waals surface area contributed by atoms with E-state index in [1.807, 2.05) is 19.1 Å². The lowest BCUT2D eigenvalue weighted by Gasteiger charge is -2.17. The average molecular weight is 368 g/mol. The molecule has 0 saturated heterocycles. The molecular formula is C18H19Cl2NO3. The third kappa shape index (κ3) is 5.62. The number of halogens is 2. The van der Waals surface area contributed by atoms with Gasteiger partial charge in [0.1, 0.15) is 18.1 Å². The first-order chi connectivity index (χ1) is 11.6. The summed E-state index contributed by atoms with van der Waals surface area (Å²) in [5, 5.41) is 3.96. The number of ether oxygens (including phenoxy) is 2. The van der Waals surface area contributed by atoms with E-state index in [4.69, 9.17) is 32.7 Å². The van der Waals surface area contributed by atoms with E-state index < -0.39 is 6.10 Å². The summed E-state index contributed by atoms with van der Waals surface area (Å²) in [6.07, 6.45) is -0.00805. The highest BCUT2D eigenvalue weighted by Crippen LogP contribution is 2.22. The van der Waals surface area contributed by atoms with Gasteiger partial charge in [-0.25, -0.2) is 0 Å². The minimum atomic E-state index is -0.563. The van der Waals surface area contributed by atoms with E-state index in [9.17, 15) is 4.79 Å². The molecule has 0 saturated carbocycles. The largest absolute Gasteiger partial charge is 0.490 e. The first kappa shape index (κ1) is 18.4. The van der Waals surface area contributed by atoms with Crippen LogP contribution in [0.3, 0.4) is 0 Å². The van der Waals surface area contributed by atoms with Crippen molar-refractivity contribution in [3.8, 4) is 11.5 Å². The number of carbonyl (C=O) groups excluding carboxylic acids is 1. The number of hydrogen-bond acceptors (Lipinski definition) is 3. The van der Waals surface area contributed by atoms with Crippen molar-refractivity contribution in [3.05, 3.63) is 58.6 Å². The van der Waals surface area contributed by atoms with E-state index in [-0.39, 0.29) is 5.91 Å². The Morgan fingerprint density at radius 3 is 2.50 bits per heavy atom. The molecule has 2 rings (SSSR count). The molecule has 128 valence electrons. The van der Waals surface area contributed by atoms with Gasteiger partial charge in [-0.2, -0.15) is 0 Å². The predicted octanol–water partition coefficient (Wildman–Crippen LogP) is 4.35. The quantitative estimate of drug-likeness (QED) is 0.705. The highest BCUT2D eigenvalue weighted by molar-refractivity contribution is 6.32. The van der Waals surface area contributed by atoms with Crippen molar-refractivity contribution >= 4 is 29.1 Å². The minimum absolute atomic E-state index is 0.185. The standard InChI is InChI=1S/C18H19Cl2NO3/c1-2-16(24-14-9-7-13(19)8-10-14)18(22)21-11-12-23-17-6-4-3-5-15(17)20/h3-10,16H,2,11-12H2,1H3,(H,21,22). The molecule has 1 N–H and O–H groups in total. The SMILES string of the molecule is CCC(Oc1ccc(Cl)cc1)C(=O)NCCOc1ccccc1Cl. The Morgan fingerprint density at radius 2 is 1.83 bits per heavy atom. The van der Waals surface area contributed by atoms with Crippen LogP contribution in [0.25, 0.3) is 0 Å². The number of nitrogens with one attached hydrogen (secondary N) is 1. The van der Waals surface area contributed by atoms with Gasteiger partial charge in [-0.15, -0.1) is 0 Å². The van der Waals surface area contributed by atoms with Crippen LogP contribution >= 0.6 is 23.2 Å². The number of benzene rings is 2. The maximum atomic E-state index is 12.2. The van der Waals surface area contributed by atoms with Crippen molar-refractivity contribution in [2.75, 3.05) is 13.2 Å². The second kappa shape index (κ2) is 9.40. The Labute approximate surface area is 151 Å². The summed E-state index contributed by atoms with van der Waals surface area (Å²) in [4.78, 5) is 12.2. The molecule has 0 bridgehead atoms. The van der Waals surface area contributed by atoms with E-state index in [1.165, 1.54) is 0 Å². The molecule has 0 spiro atoms. The van der Waals surface area contributed by atoms with E-state index in [0.717, 1.165) is 0 Å². The predicted molar refractivity (Wildman–Crippen MR) is 96.1 cm³/mol. The Morgan fingerprint density at radius 1 is 1.12 bits per heavy atom. The van der Waals surface area contributed by atoms with E-state index in [2.05, 4.69) is 5.32 Å². The molecule has 4 nitrogen and oxygen atoms in total. The van der Waals surface area contributed by atoms with Gasteiger partial charge >= 0.3 is 0 Å². The van der Waals surface area contributed by atoms with Crippen molar-refractivity contribution in [1.82, 2.24) is 5.32 Å². The Kier molecular flexibility index (Phi) is 7.22.